The third-order valence-corrected chi connectivity index (χ3v) is 3.57. The lowest BCUT2D eigenvalue weighted by Crippen LogP contribution is -2.43. The van der Waals surface area contributed by atoms with Crippen molar-refractivity contribution in [3.05, 3.63) is 24.9 Å². The highest BCUT2D eigenvalue weighted by atomic mass is 16.5. The molecule has 2 aromatic heterocycles. The third kappa shape index (κ3) is 2.71. The fourth-order valence-electron chi connectivity index (χ4n) is 2.58. The number of ether oxygens (including phenoxy) is 1. The van der Waals surface area contributed by atoms with Crippen LogP contribution in [0.15, 0.2) is 24.9 Å². The van der Waals surface area contributed by atoms with Gasteiger partial charge in [0.05, 0.1) is 19.7 Å². The molecule has 7 heteroatoms. The summed E-state index contributed by atoms with van der Waals surface area (Å²) in [6.45, 7) is 1.77. The van der Waals surface area contributed by atoms with Crippen molar-refractivity contribution in [2.75, 3.05) is 18.6 Å². The molecule has 3 heterocycles. The Hall–Kier alpha value is -2.18. The van der Waals surface area contributed by atoms with Crippen LogP contribution < -0.4 is 9.64 Å². The van der Waals surface area contributed by atoms with Crippen molar-refractivity contribution in [3.8, 4) is 5.88 Å². The second-order valence-corrected chi connectivity index (χ2v) is 4.86. The van der Waals surface area contributed by atoms with E-state index in [-0.39, 0.29) is 0 Å². The molecule has 0 N–H and O–H groups in total. The maximum absolute atomic E-state index is 5.18. The molecule has 0 saturated carbocycles. The molecule has 1 saturated heterocycles. The van der Waals surface area contributed by atoms with Crippen LogP contribution in [0.2, 0.25) is 0 Å². The van der Waals surface area contributed by atoms with E-state index in [0.717, 1.165) is 31.9 Å². The van der Waals surface area contributed by atoms with Crippen molar-refractivity contribution >= 4 is 5.95 Å². The number of piperidine rings is 1. The molecule has 1 aliphatic rings. The Balaban J connectivity index is 1.80. The highest BCUT2D eigenvalue weighted by Gasteiger charge is 2.25. The van der Waals surface area contributed by atoms with Gasteiger partial charge in [0.1, 0.15) is 12.7 Å². The molecule has 0 bridgehead atoms. The van der Waals surface area contributed by atoms with Gasteiger partial charge in [-0.1, -0.05) is 0 Å². The first kappa shape index (κ1) is 12.8. The fourth-order valence-corrected chi connectivity index (χ4v) is 2.58. The van der Waals surface area contributed by atoms with Crippen LogP contribution in [0.4, 0.5) is 5.95 Å². The molecular formula is C13H18N6O. The zero-order valence-electron chi connectivity index (χ0n) is 11.5. The molecule has 0 aliphatic carbocycles. The van der Waals surface area contributed by atoms with Gasteiger partial charge in [-0.15, -0.1) is 0 Å². The molecule has 7 nitrogen and oxygen atoms in total. The second-order valence-electron chi connectivity index (χ2n) is 4.86. The van der Waals surface area contributed by atoms with E-state index in [1.807, 2.05) is 4.68 Å². The van der Waals surface area contributed by atoms with Gasteiger partial charge in [-0.05, 0) is 19.3 Å². The molecule has 3 rings (SSSR count). The molecule has 0 aromatic carbocycles. The molecule has 0 radical (unpaired) electrons. The van der Waals surface area contributed by atoms with E-state index in [2.05, 4.69) is 25.0 Å². The minimum absolute atomic E-state index is 0.345. The lowest BCUT2D eigenvalue weighted by molar-refractivity contribution is 0.381. The van der Waals surface area contributed by atoms with Crippen LogP contribution >= 0.6 is 0 Å². The van der Waals surface area contributed by atoms with Crippen LogP contribution in [-0.2, 0) is 6.54 Å². The van der Waals surface area contributed by atoms with E-state index >= 15 is 0 Å². The number of nitrogens with zero attached hydrogens (tertiary/aromatic N) is 6. The quantitative estimate of drug-likeness (QED) is 0.832. The number of aromatic nitrogens is 5. The predicted octanol–water partition coefficient (Wildman–Crippen LogP) is 1.14. The monoisotopic (exact) mass is 274 g/mol. The SMILES string of the molecule is COc1ccnc(N2CCCCC2Cn2cncn2)n1. The van der Waals surface area contributed by atoms with E-state index in [0.29, 0.717) is 11.9 Å². The second kappa shape index (κ2) is 5.85. The molecule has 20 heavy (non-hydrogen) atoms. The van der Waals surface area contributed by atoms with Crippen molar-refractivity contribution in [2.45, 2.75) is 31.8 Å². The summed E-state index contributed by atoms with van der Waals surface area (Å²) in [5.41, 5.74) is 0. The van der Waals surface area contributed by atoms with Gasteiger partial charge in [-0.3, -0.25) is 4.68 Å². The minimum atomic E-state index is 0.345. The smallest absolute Gasteiger partial charge is 0.228 e. The maximum Gasteiger partial charge on any atom is 0.228 e. The maximum atomic E-state index is 5.18. The third-order valence-electron chi connectivity index (χ3n) is 3.57. The van der Waals surface area contributed by atoms with E-state index in [1.54, 1.807) is 32.0 Å². The Morgan fingerprint density at radius 3 is 3.15 bits per heavy atom. The van der Waals surface area contributed by atoms with Gasteiger partial charge in [0.15, 0.2) is 0 Å². The standard InChI is InChI=1S/C13H18N6O/c1-20-12-5-6-15-13(17-12)19-7-3-2-4-11(19)8-18-10-14-9-16-18/h5-6,9-11H,2-4,7-8H2,1H3. The van der Waals surface area contributed by atoms with Crippen LogP contribution in [0.1, 0.15) is 19.3 Å². The van der Waals surface area contributed by atoms with Gasteiger partial charge < -0.3 is 9.64 Å². The van der Waals surface area contributed by atoms with E-state index in [4.69, 9.17) is 4.74 Å². The lowest BCUT2D eigenvalue weighted by atomic mass is 10.0. The number of rotatable bonds is 4. The number of methoxy groups -OCH3 is 1. The lowest BCUT2D eigenvalue weighted by Gasteiger charge is -2.35. The Morgan fingerprint density at radius 2 is 2.35 bits per heavy atom. The zero-order valence-corrected chi connectivity index (χ0v) is 11.5. The Kier molecular flexibility index (Phi) is 3.76. The molecule has 2 aromatic rings. The normalized spacial score (nSPS) is 19.1. The zero-order chi connectivity index (χ0) is 13.8. The highest BCUT2D eigenvalue weighted by Crippen LogP contribution is 2.23. The van der Waals surface area contributed by atoms with Crippen molar-refractivity contribution in [3.63, 3.8) is 0 Å². The Bertz CT molecular complexity index is 544. The first-order valence-electron chi connectivity index (χ1n) is 6.83. The number of anilines is 1. The molecule has 1 aliphatic heterocycles. The molecule has 0 spiro atoms. The van der Waals surface area contributed by atoms with Gasteiger partial charge in [-0.2, -0.15) is 10.1 Å². The van der Waals surface area contributed by atoms with Crippen molar-refractivity contribution in [2.24, 2.45) is 0 Å². The first-order valence-corrected chi connectivity index (χ1v) is 6.83. The Labute approximate surface area is 117 Å². The summed E-state index contributed by atoms with van der Waals surface area (Å²) in [5.74, 6) is 1.33. The Morgan fingerprint density at radius 1 is 1.40 bits per heavy atom. The summed E-state index contributed by atoms with van der Waals surface area (Å²) in [6.07, 6.45) is 8.55. The van der Waals surface area contributed by atoms with E-state index in [1.165, 1.54) is 6.42 Å². The number of hydrogen-bond donors (Lipinski definition) is 0. The largest absolute Gasteiger partial charge is 0.481 e. The highest BCUT2D eigenvalue weighted by molar-refractivity contribution is 5.34. The summed E-state index contributed by atoms with van der Waals surface area (Å²) < 4.78 is 7.05. The van der Waals surface area contributed by atoms with Gasteiger partial charge in [0, 0.05) is 18.8 Å². The van der Waals surface area contributed by atoms with Crippen LogP contribution in [0.5, 0.6) is 5.88 Å². The van der Waals surface area contributed by atoms with Gasteiger partial charge in [-0.25, -0.2) is 9.97 Å². The van der Waals surface area contributed by atoms with Crippen LogP contribution in [0, 0.1) is 0 Å². The molecule has 0 amide bonds. The fraction of sp³-hybridized carbons (Fsp3) is 0.538. The van der Waals surface area contributed by atoms with Crippen LogP contribution in [0.25, 0.3) is 0 Å². The van der Waals surface area contributed by atoms with Crippen molar-refractivity contribution in [1.82, 2.24) is 24.7 Å². The topological polar surface area (TPSA) is 69.0 Å². The van der Waals surface area contributed by atoms with Gasteiger partial charge in [0.2, 0.25) is 11.8 Å². The summed E-state index contributed by atoms with van der Waals surface area (Å²) in [6, 6.07) is 2.11. The minimum Gasteiger partial charge on any atom is -0.481 e. The molecule has 1 unspecified atom stereocenters. The summed E-state index contributed by atoms with van der Waals surface area (Å²) in [4.78, 5) is 15.1. The van der Waals surface area contributed by atoms with Gasteiger partial charge in [0.25, 0.3) is 0 Å². The van der Waals surface area contributed by atoms with Gasteiger partial charge >= 0.3 is 0 Å². The predicted molar refractivity (Wildman–Crippen MR) is 73.6 cm³/mol. The summed E-state index contributed by atoms with van der Waals surface area (Å²) in [5, 5.41) is 4.19. The summed E-state index contributed by atoms with van der Waals surface area (Å²) >= 11 is 0. The molecule has 106 valence electrons. The average molecular weight is 274 g/mol. The van der Waals surface area contributed by atoms with Crippen molar-refractivity contribution in [1.29, 1.82) is 0 Å². The number of hydrogen-bond acceptors (Lipinski definition) is 6. The van der Waals surface area contributed by atoms with E-state index in [9.17, 15) is 0 Å². The molecular weight excluding hydrogens is 256 g/mol. The van der Waals surface area contributed by atoms with Crippen LogP contribution in [-0.4, -0.2) is 44.4 Å². The first-order chi connectivity index (χ1) is 9.86. The molecule has 1 fully saturated rings. The van der Waals surface area contributed by atoms with Crippen molar-refractivity contribution < 1.29 is 4.74 Å². The molecule has 1 atom stereocenters. The average Bonchev–Trinajstić information content (AvgIpc) is 3.01. The van der Waals surface area contributed by atoms with Crippen LogP contribution in [0.3, 0.4) is 0 Å². The van der Waals surface area contributed by atoms with E-state index < -0.39 is 0 Å². The summed E-state index contributed by atoms with van der Waals surface area (Å²) in [7, 11) is 1.62.